The van der Waals surface area contributed by atoms with Gasteiger partial charge < -0.3 is 10.1 Å². The number of pyridine rings is 1. The molecule has 10 heteroatoms. The van der Waals surface area contributed by atoms with Crippen LogP contribution in [0.4, 0.5) is 0 Å². The number of sulfonamides is 1. The lowest BCUT2D eigenvalue weighted by molar-refractivity contribution is -0.124. The lowest BCUT2D eigenvalue weighted by atomic mass is 10.1. The zero-order valence-electron chi connectivity index (χ0n) is 17.8. The van der Waals surface area contributed by atoms with Gasteiger partial charge in [0.05, 0.1) is 21.7 Å². The number of aryl methyl sites for hydroxylation is 1. The molecule has 0 radical (unpaired) electrons. The number of esters is 1. The summed E-state index contributed by atoms with van der Waals surface area (Å²) in [4.78, 5) is 29.1. The molecular formula is C22H22ClN3O5S. The Morgan fingerprint density at radius 3 is 2.56 bits per heavy atom. The highest BCUT2D eigenvalue weighted by Crippen LogP contribution is 2.21. The maximum Gasteiger partial charge on any atom is 0.340 e. The fourth-order valence-corrected chi connectivity index (χ4v) is 4.30. The van der Waals surface area contributed by atoms with E-state index in [1.54, 1.807) is 49.4 Å². The fraction of sp³-hybridized carbons (Fsp3) is 0.227. The van der Waals surface area contributed by atoms with Crippen molar-refractivity contribution in [2.24, 2.45) is 0 Å². The van der Waals surface area contributed by atoms with E-state index in [1.165, 1.54) is 20.2 Å². The quantitative estimate of drug-likeness (QED) is 0.527. The summed E-state index contributed by atoms with van der Waals surface area (Å²) in [5.74, 6) is -1.26. The van der Waals surface area contributed by atoms with Crippen LogP contribution in [0.25, 0.3) is 10.9 Å². The van der Waals surface area contributed by atoms with Crippen molar-refractivity contribution in [3.63, 3.8) is 0 Å². The first-order chi connectivity index (χ1) is 15.1. The van der Waals surface area contributed by atoms with Gasteiger partial charge in [-0.2, -0.15) is 0 Å². The molecule has 0 saturated carbocycles. The highest BCUT2D eigenvalue weighted by atomic mass is 35.5. The number of amides is 1. The molecule has 32 heavy (non-hydrogen) atoms. The molecule has 0 atom stereocenters. The fourth-order valence-electron chi connectivity index (χ4n) is 3.00. The Kier molecular flexibility index (Phi) is 7.12. The third kappa shape index (κ3) is 5.24. The molecule has 1 aromatic heterocycles. The van der Waals surface area contributed by atoms with Crippen LogP contribution in [0, 0.1) is 6.92 Å². The Balaban J connectivity index is 1.65. The van der Waals surface area contributed by atoms with E-state index in [4.69, 9.17) is 16.3 Å². The Labute approximate surface area is 191 Å². The largest absolute Gasteiger partial charge is 0.452 e. The van der Waals surface area contributed by atoms with Gasteiger partial charge in [0.15, 0.2) is 6.61 Å². The third-order valence-electron chi connectivity index (χ3n) is 4.73. The van der Waals surface area contributed by atoms with Gasteiger partial charge in [0.2, 0.25) is 10.0 Å². The Hall–Kier alpha value is -3.01. The first kappa shape index (κ1) is 23.6. The third-order valence-corrected chi connectivity index (χ3v) is 6.88. The second-order valence-corrected chi connectivity index (χ2v) is 9.76. The topological polar surface area (TPSA) is 106 Å². The lowest BCUT2D eigenvalue weighted by Crippen LogP contribution is -2.30. The minimum atomic E-state index is -3.66. The molecule has 0 bridgehead atoms. The smallest absolute Gasteiger partial charge is 0.340 e. The van der Waals surface area contributed by atoms with E-state index < -0.39 is 28.5 Å². The van der Waals surface area contributed by atoms with Crippen molar-refractivity contribution < 1.29 is 22.7 Å². The zero-order valence-corrected chi connectivity index (χ0v) is 19.3. The van der Waals surface area contributed by atoms with Gasteiger partial charge in [-0.15, -0.1) is 0 Å². The van der Waals surface area contributed by atoms with Gasteiger partial charge in [-0.1, -0.05) is 29.8 Å². The van der Waals surface area contributed by atoms with E-state index in [0.717, 1.165) is 4.31 Å². The van der Waals surface area contributed by atoms with Gasteiger partial charge in [-0.3, -0.25) is 9.78 Å². The number of nitrogens with one attached hydrogen (secondary N) is 1. The number of rotatable bonds is 7. The molecule has 1 N–H and O–H groups in total. The predicted octanol–water partition coefficient (Wildman–Crippen LogP) is 2.92. The number of fused-ring (bicyclic) bond motifs is 1. The van der Waals surface area contributed by atoms with E-state index in [9.17, 15) is 18.0 Å². The minimum Gasteiger partial charge on any atom is -0.452 e. The molecule has 0 aliphatic rings. The number of aromatic nitrogens is 1. The molecule has 2 aromatic carbocycles. The number of carbonyl (C=O) groups excluding carboxylic acids is 2. The summed E-state index contributed by atoms with van der Waals surface area (Å²) in [6, 6.07) is 13.1. The van der Waals surface area contributed by atoms with Crippen LogP contribution >= 0.6 is 11.6 Å². The van der Waals surface area contributed by atoms with Crippen molar-refractivity contribution in [1.82, 2.24) is 14.6 Å². The normalized spacial score (nSPS) is 11.5. The summed E-state index contributed by atoms with van der Waals surface area (Å²) in [5, 5.41) is 3.77. The van der Waals surface area contributed by atoms with E-state index in [1.807, 2.05) is 0 Å². The molecular weight excluding hydrogens is 454 g/mol. The van der Waals surface area contributed by atoms with E-state index in [-0.39, 0.29) is 17.0 Å². The number of carbonyl (C=O) groups is 2. The average molecular weight is 476 g/mol. The van der Waals surface area contributed by atoms with E-state index in [0.29, 0.717) is 27.2 Å². The standard InChI is InChI=1S/C22H22ClN3O5S/c1-14-18(11-16-10-17(23)8-9-19(16)25-14)22(28)31-13-21(27)24-12-15-6-4-5-7-20(15)32(29,30)26(2)3/h4-11H,12-13H2,1-3H3,(H,24,27). The van der Waals surface area contributed by atoms with Crippen LogP contribution in [0.15, 0.2) is 53.4 Å². The molecule has 0 aliphatic heterocycles. The summed E-state index contributed by atoms with van der Waals surface area (Å²) in [6.45, 7) is 1.12. The lowest BCUT2D eigenvalue weighted by Gasteiger charge is -2.15. The molecule has 3 rings (SSSR count). The second kappa shape index (κ2) is 9.64. The molecule has 168 valence electrons. The van der Waals surface area contributed by atoms with E-state index >= 15 is 0 Å². The molecule has 0 unspecified atom stereocenters. The first-order valence-electron chi connectivity index (χ1n) is 9.61. The number of hydrogen-bond donors (Lipinski definition) is 1. The Bertz CT molecular complexity index is 1290. The summed E-state index contributed by atoms with van der Waals surface area (Å²) in [7, 11) is -0.798. The van der Waals surface area contributed by atoms with Crippen LogP contribution < -0.4 is 5.32 Å². The van der Waals surface area contributed by atoms with Gasteiger partial charge in [-0.05, 0) is 42.8 Å². The van der Waals surface area contributed by atoms with Gasteiger partial charge in [0.1, 0.15) is 0 Å². The van der Waals surface area contributed by atoms with Crippen molar-refractivity contribution in [2.75, 3.05) is 20.7 Å². The van der Waals surface area contributed by atoms with Gasteiger partial charge >= 0.3 is 5.97 Å². The number of benzene rings is 2. The van der Waals surface area contributed by atoms with Crippen molar-refractivity contribution in [2.45, 2.75) is 18.4 Å². The van der Waals surface area contributed by atoms with Crippen LogP contribution in [0.1, 0.15) is 21.6 Å². The Morgan fingerprint density at radius 1 is 1.12 bits per heavy atom. The SMILES string of the molecule is Cc1nc2ccc(Cl)cc2cc1C(=O)OCC(=O)NCc1ccccc1S(=O)(=O)N(C)C. The number of halogens is 1. The molecule has 8 nitrogen and oxygen atoms in total. The van der Waals surface area contributed by atoms with Crippen LogP contribution in [0.3, 0.4) is 0 Å². The number of ether oxygens (including phenoxy) is 1. The summed E-state index contributed by atoms with van der Waals surface area (Å²) in [5.41, 5.74) is 1.81. The van der Waals surface area contributed by atoms with Gasteiger partial charge in [-0.25, -0.2) is 17.5 Å². The van der Waals surface area contributed by atoms with Crippen LogP contribution in [0.2, 0.25) is 5.02 Å². The van der Waals surface area contributed by atoms with Crippen LogP contribution in [-0.2, 0) is 26.1 Å². The molecule has 3 aromatic rings. The highest BCUT2D eigenvalue weighted by molar-refractivity contribution is 7.89. The number of nitrogens with zero attached hydrogens (tertiary/aromatic N) is 2. The highest BCUT2D eigenvalue weighted by Gasteiger charge is 2.21. The minimum absolute atomic E-state index is 0.0331. The summed E-state index contributed by atoms with van der Waals surface area (Å²) in [6.07, 6.45) is 0. The van der Waals surface area contributed by atoms with Crippen molar-refractivity contribution >= 4 is 44.4 Å². The summed E-state index contributed by atoms with van der Waals surface area (Å²) >= 11 is 6.00. The van der Waals surface area contributed by atoms with Gasteiger partial charge in [0.25, 0.3) is 5.91 Å². The van der Waals surface area contributed by atoms with E-state index in [2.05, 4.69) is 10.3 Å². The zero-order chi connectivity index (χ0) is 23.5. The van der Waals surface area contributed by atoms with Crippen molar-refractivity contribution in [1.29, 1.82) is 0 Å². The molecule has 0 aliphatic carbocycles. The maximum absolute atomic E-state index is 12.5. The molecule has 1 amide bonds. The first-order valence-corrected chi connectivity index (χ1v) is 11.4. The Morgan fingerprint density at radius 2 is 1.84 bits per heavy atom. The summed E-state index contributed by atoms with van der Waals surface area (Å²) < 4.78 is 31.1. The molecule has 0 saturated heterocycles. The maximum atomic E-state index is 12.5. The monoisotopic (exact) mass is 475 g/mol. The van der Waals surface area contributed by atoms with Crippen LogP contribution in [-0.4, -0.2) is 50.3 Å². The van der Waals surface area contributed by atoms with Crippen molar-refractivity contribution in [3.05, 3.63) is 70.4 Å². The average Bonchev–Trinajstić information content (AvgIpc) is 2.75. The number of hydrogen-bond acceptors (Lipinski definition) is 6. The van der Waals surface area contributed by atoms with Crippen LogP contribution in [0.5, 0.6) is 0 Å². The van der Waals surface area contributed by atoms with Gasteiger partial charge in [0, 0.05) is 31.0 Å². The second-order valence-electron chi connectivity index (χ2n) is 7.21. The molecule has 0 spiro atoms. The molecule has 0 fully saturated rings. The van der Waals surface area contributed by atoms with Crippen molar-refractivity contribution in [3.8, 4) is 0 Å². The predicted molar refractivity (Wildman–Crippen MR) is 121 cm³/mol. The molecule has 1 heterocycles.